The van der Waals surface area contributed by atoms with Crippen molar-refractivity contribution in [3.63, 3.8) is 0 Å². The molecule has 0 radical (unpaired) electrons. The van der Waals surface area contributed by atoms with E-state index in [0.29, 0.717) is 5.56 Å². The summed E-state index contributed by atoms with van der Waals surface area (Å²) in [5.74, 6) is -1.76. The third-order valence-electron chi connectivity index (χ3n) is 4.95. The van der Waals surface area contributed by atoms with Crippen molar-refractivity contribution < 1.29 is 23.9 Å². The van der Waals surface area contributed by atoms with Gasteiger partial charge in [-0.25, -0.2) is 4.79 Å². The Labute approximate surface area is 209 Å². The maximum Gasteiger partial charge on any atom is 0.408 e. The molecule has 0 aliphatic carbocycles. The van der Waals surface area contributed by atoms with E-state index >= 15 is 0 Å². The number of benzene rings is 1. The average molecular weight is 491 g/mol. The third-order valence-corrected chi connectivity index (χ3v) is 4.95. The second kappa shape index (κ2) is 11.6. The summed E-state index contributed by atoms with van der Waals surface area (Å²) in [6.07, 6.45) is -1.30. The van der Waals surface area contributed by atoms with Gasteiger partial charge in [-0.3, -0.25) is 14.4 Å². The van der Waals surface area contributed by atoms with Gasteiger partial charge >= 0.3 is 6.09 Å². The molecule has 4 amide bonds. The molecule has 0 saturated carbocycles. The third kappa shape index (κ3) is 9.58. The van der Waals surface area contributed by atoms with Crippen molar-refractivity contribution in [3.05, 3.63) is 34.9 Å². The Kier molecular flexibility index (Phi) is 9.88. The van der Waals surface area contributed by atoms with E-state index in [0.717, 1.165) is 11.1 Å². The van der Waals surface area contributed by atoms with E-state index in [1.54, 1.807) is 34.6 Å². The molecule has 35 heavy (non-hydrogen) atoms. The van der Waals surface area contributed by atoms with E-state index in [1.165, 1.54) is 4.90 Å². The lowest BCUT2D eigenvalue weighted by Gasteiger charge is -2.38. The largest absolute Gasteiger partial charge is 0.444 e. The van der Waals surface area contributed by atoms with Gasteiger partial charge in [0, 0.05) is 11.6 Å². The topological polar surface area (TPSA) is 131 Å². The number of ether oxygens (including phenoxy) is 1. The van der Waals surface area contributed by atoms with E-state index in [9.17, 15) is 19.2 Å². The van der Waals surface area contributed by atoms with Gasteiger partial charge in [0.1, 0.15) is 17.7 Å². The number of rotatable bonds is 8. The van der Waals surface area contributed by atoms with Gasteiger partial charge < -0.3 is 26.0 Å². The molecule has 0 bridgehead atoms. The summed E-state index contributed by atoms with van der Waals surface area (Å²) in [6, 6.07) is 2.89. The fraction of sp³-hybridized carbons (Fsp3) is 0.615. The molecule has 9 nitrogen and oxygen atoms in total. The Morgan fingerprint density at radius 2 is 1.60 bits per heavy atom. The van der Waals surface area contributed by atoms with Crippen LogP contribution < -0.4 is 16.4 Å². The monoisotopic (exact) mass is 490 g/mol. The van der Waals surface area contributed by atoms with Crippen molar-refractivity contribution >= 4 is 23.8 Å². The van der Waals surface area contributed by atoms with Gasteiger partial charge in [-0.1, -0.05) is 23.8 Å². The fourth-order valence-electron chi connectivity index (χ4n) is 3.70. The van der Waals surface area contributed by atoms with Crippen molar-refractivity contribution in [3.8, 4) is 0 Å². The zero-order valence-electron chi connectivity index (χ0n) is 22.7. The van der Waals surface area contributed by atoms with Crippen LogP contribution in [0.4, 0.5) is 4.79 Å². The summed E-state index contributed by atoms with van der Waals surface area (Å²) in [4.78, 5) is 53.1. The number of hydrogen-bond acceptors (Lipinski definition) is 5. The van der Waals surface area contributed by atoms with Gasteiger partial charge in [-0.2, -0.15) is 0 Å². The zero-order chi connectivity index (χ0) is 27.3. The van der Waals surface area contributed by atoms with Crippen LogP contribution in [-0.2, 0) is 19.1 Å². The molecule has 9 heteroatoms. The zero-order valence-corrected chi connectivity index (χ0v) is 22.7. The number of nitrogens with one attached hydrogen (secondary N) is 2. The predicted octanol–water partition coefficient (Wildman–Crippen LogP) is 3.26. The Balaban J connectivity index is 3.58. The molecule has 0 heterocycles. The molecular weight excluding hydrogens is 448 g/mol. The lowest BCUT2D eigenvalue weighted by molar-refractivity contribution is -0.146. The number of alkyl carbamates (subject to hydrolysis) is 1. The Hall–Kier alpha value is -3.10. The second-order valence-corrected chi connectivity index (χ2v) is 11.2. The van der Waals surface area contributed by atoms with Crippen LogP contribution in [0.3, 0.4) is 0 Å². The van der Waals surface area contributed by atoms with Gasteiger partial charge in [0.15, 0.2) is 0 Å². The van der Waals surface area contributed by atoms with Crippen LogP contribution in [0.15, 0.2) is 18.2 Å². The SMILES string of the molecule is Cc1ccc(C(C(=O)NC(C)(C)C)N(C(=O)C(CC(N)=O)NC(=O)OC(C)(C)C)C(C)C)c(C)c1. The summed E-state index contributed by atoms with van der Waals surface area (Å²) in [7, 11) is 0. The number of carbonyl (C=O) groups is 4. The van der Waals surface area contributed by atoms with Gasteiger partial charge in [-0.15, -0.1) is 0 Å². The summed E-state index contributed by atoms with van der Waals surface area (Å²) >= 11 is 0. The van der Waals surface area contributed by atoms with Crippen LogP contribution >= 0.6 is 0 Å². The highest BCUT2D eigenvalue weighted by atomic mass is 16.6. The molecule has 0 aromatic heterocycles. The quantitative estimate of drug-likeness (QED) is 0.515. The number of amides is 4. The van der Waals surface area contributed by atoms with E-state index in [1.807, 2.05) is 52.8 Å². The molecule has 4 N–H and O–H groups in total. The average Bonchev–Trinajstić information content (AvgIpc) is 2.62. The Bertz CT molecular complexity index is 944. The van der Waals surface area contributed by atoms with Gasteiger partial charge in [0.2, 0.25) is 17.7 Å². The first-order valence-electron chi connectivity index (χ1n) is 11.8. The maximum absolute atomic E-state index is 13.9. The highest BCUT2D eigenvalue weighted by molar-refractivity contribution is 5.95. The van der Waals surface area contributed by atoms with Crippen LogP contribution in [0.5, 0.6) is 0 Å². The van der Waals surface area contributed by atoms with Crippen molar-refractivity contribution in [2.45, 2.75) is 105 Å². The number of nitrogens with zero attached hydrogens (tertiary/aromatic N) is 1. The minimum absolute atomic E-state index is 0.374. The van der Waals surface area contributed by atoms with E-state index < -0.39 is 53.6 Å². The molecule has 0 saturated heterocycles. The van der Waals surface area contributed by atoms with E-state index in [-0.39, 0.29) is 5.91 Å². The highest BCUT2D eigenvalue weighted by Gasteiger charge is 2.39. The standard InChI is InChI=1S/C26H42N4O5/c1-15(2)30(23(33)19(14-20(27)31)28-24(34)35-26(8,9)10)21(22(32)29-25(5,6)7)18-12-11-16(3)13-17(18)4/h11-13,15,19,21H,14H2,1-10H3,(H2,27,31)(H,28,34)(H,29,32). The molecule has 0 spiro atoms. The molecule has 196 valence electrons. The number of carbonyl (C=O) groups excluding carboxylic acids is 4. The van der Waals surface area contributed by atoms with Gasteiger partial charge in [0.05, 0.1) is 6.42 Å². The van der Waals surface area contributed by atoms with Crippen LogP contribution in [0.25, 0.3) is 0 Å². The number of nitrogens with two attached hydrogens (primary N) is 1. The molecule has 1 aromatic rings. The lowest BCUT2D eigenvalue weighted by atomic mass is 9.94. The molecule has 2 unspecified atom stereocenters. The first kappa shape index (κ1) is 29.9. The van der Waals surface area contributed by atoms with Crippen molar-refractivity contribution in [2.24, 2.45) is 5.73 Å². The molecule has 0 aliphatic heterocycles. The highest BCUT2D eigenvalue weighted by Crippen LogP contribution is 2.29. The van der Waals surface area contributed by atoms with Crippen LogP contribution in [0, 0.1) is 13.8 Å². The van der Waals surface area contributed by atoms with Gasteiger partial charge in [-0.05, 0) is 80.4 Å². The lowest BCUT2D eigenvalue weighted by Crippen LogP contribution is -2.57. The van der Waals surface area contributed by atoms with Crippen LogP contribution in [0.2, 0.25) is 0 Å². The number of hydrogen-bond donors (Lipinski definition) is 3. The molecule has 1 aromatic carbocycles. The number of primary amides is 1. The minimum atomic E-state index is -1.31. The molecule has 1 rings (SSSR count). The molecule has 0 fully saturated rings. The Morgan fingerprint density at radius 3 is 2.03 bits per heavy atom. The molecule has 0 aliphatic rings. The maximum atomic E-state index is 13.9. The van der Waals surface area contributed by atoms with Crippen LogP contribution in [0.1, 0.15) is 84.5 Å². The number of aryl methyl sites for hydroxylation is 2. The van der Waals surface area contributed by atoms with Crippen molar-refractivity contribution in [2.75, 3.05) is 0 Å². The molecule has 2 atom stereocenters. The van der Waals surface area contributed by atoms with Crippen molar-refractivity contribution in [1.82, 2.24) is 15.5 Å². The minimum Gasteiger partial charge on any atom is -0.444 e. The van der Waals surface area contributed by atoms with Gasteiger partial charge in [0.25, 0.3) is 0 Å². The fourth-order valence-corrected chi connectivity index (χ4v) is 3.70. The Morgan fingerprint density at radius 1 is 1.03 bits per heavy atom. The normalized spacial score (nSPS) is 13.6. The predicted molar refractivity (Wildman–Crippen MR) is 136 cm³/mol. The molecular formula is C26H42N4O5. The summed E-state index contributed by atoms with van der Waals surface area (Å²) < 4.78 is 5.28. The second-order valence-electron chi connectivity index (χ2n) is 11.2. The summed E-state index contributed by atoms with van der Waals surface area (Å²) in [6.45, 7) is 18.0. The smallest absolute Gasteiger partial charge is 0.408 e. The first-order chi connectivity index (χ1) is 15.8. The summed E-state index contributed by atoms with van der Waals surface area (Å²) in [5, 5.41) is 5.44. The van der Waals surface area contributed by atoms with E-state index in [2.05, 4.69) is 10.6 Å². The van der Waals surface area contributed by atoms with Crippen molar-refractivity contribution in [1.29, 1.82) is 0 Å². The summed E-state index contributed by atoms with van der Waals surface area (Å²) in [5.41, 5.74) is 6.54. The first-order valence-corrected chi connectivity index (χ1v) is 11.8. The van der Waals surface area contributed by atoms with E-state index in [4.69, 9.17) is 10.5 Å². The van der Waals surface area contributed by atoms with Crippen LogP contribution in [-0.4, -0.2) is 51.9 Å².